The average Bonchev–Trinajstić information content (AvgIpc) is 3.01. The largest absolute Gasteiger partial charge is 0.306 e. The number of carbonyl (C=O) groups excluding carboxylic acids is 1. The van der Waals surface area contributed by atoms with E-state index in [0.717, 1.165) is 5.69 Å². The first-order valence-electron chi connectivity index (χ1n) is 6.13. The number of carbonyl (C=O) groups is 1. The Bertz CT molecular complexity index is 736. The van der Waals surface area contributed by atoms with Crippen molar-refractivity contribution in [2.45, 2.75) is 0 Å². The molecular weight excluding hydrogens is 272 g/mol. The van der Waals surface area contributed by atoms with E-state index < -0.39 is 0 Å². The van der Waals surface area contributed by atoms with Crippen LogP contribution in [0.4, 0.5) is 0 Å². The quantitative estimate of drug-likeness (QED) is 0.686. The van der Waals surface area contributed by atoms with Crippen molar-refractivity contribution in [3.8, 4) is 5.69 Å². The number of hydrogen-bond acceptors (Lipinski definition) is 2. The van der Waals surface area contributed by atoms with Crippen LogP contribution in [-0.4, -0.2) is 15.3 Å². The molecule has 3 nitrogen and oxygen atoms in total. The zero-order valence-corrected chi connectivity index (χ0v) is 11.3. The molecule has 0 fully saturated rings. The molecule has 0 aliphatic rings. The predicted molar refractivity (Wildman–Crippen MR) is 78.4 cm³/mol. The maximum Gasteiger partial charge on any atom is 0.195 e. The Morgan fingerprint density at radius 2 is 1.90 bits per heavy atom. The molecule has 0 atom stereocenters. The van der Waals surface area contributed by atoms with Crippen molar-refractivity contribution in [1.82, 2.24) is 9.55 Å². The minimum absolute atomic E-state index is 0.0585. The first kappa shape index (κ1) is 12.6. The molecule has 0 radical (unpaired) electrons. The minimum atomic E-state index is -0.0585. The minimum Gasteiger partial charge on any atom is -0.306 e. The maximum atomic E-state index is 12.6. The molecule has 98 valence electrons. The van der Waals surface area contributed by atoms with Gasteiger partial charge in [0.25, 0.3) is 0 Å². The van der Waals surface area contributed by atoms with Crippen molar-refractivity contribution in [3.05, 3.63) is 83.4 Å². The van der Waals surface area contributed by atoms with Gasteiger partial charge in [0, 0.05) is 28.5 Å². The number of aromatic nitrogens is 2. The molecule has 2 aromatic carbocycles. The number of imidazole rings is 1. The van der Waals surface area contributed by atoms with Crippen molar-refractivity contribution in [3.63, 3.8) is 0 Å². The standard InChI is InChI=1S/C16H11ClN2O/c17-13-6-7-15(19-9-8-18-11-19)14(10-13)16(20)12-4-2-1-3-5-12/h1-11H. The van der Waals surface area contributed by atoms with Crippen LogP contribution in [0.2, 0.25) is 5.02 Å². The molecule has 0 saturated carbocycles. The lowest BCUT2D eigenvalue weighted by molar-refractivity contribution is 0.103. The predicted octanol–water partition coefficient (Wildman–Crippen LogP) is 3.76. The fourth-order valence-corrected chi connectivity index (χ4v) is 2.23. The molecular formula is C16H11ClN2O. The van der Waals surface area contributed by atoms with Gasteiger partial charge >= 0.3 is 0 Å². The summed E-state index contributed by atoms with van der Waals surface area (Å²) in [5.74, 6) is -0.0585. The summed E-state index contributed by atoms with van der Waals surface area (Å²) in [5.41, 5.74) is 1.96. The third kappa shape index (κ3) is 2.36. The van der Waals surface area contributed by atoms with E-state index in [9.17, 15) is 4.79 Å². The van der Waals surface area contributed by atoms with Crippen molar-refractivity contribution < 1.29 is 4.79 Å². The van der Waals surface area contributed by atoms with Crippen molar-refractivity contribution >= 4 is 17.4 Å². The molecule has 1 heterocycles. The summed E-state index contributed by atoms with van der Waals surface area (Å²) in [7, 11) is 0. The summed E-state index contributed by atoms with van der Waals surface area (Å²) in [6, 6.07) is 14.4. The van der Waals surface area contributed by atoms with Gasteiger partial charge < -0.3 is 4.57 Å². The Labute approximate surface area is 121 Å². The van der Waals surface area contributed by atoms with Gasteiger partial charge in [-0.25, -0.2) is 4.98 Å². The van der Waals surface area contributed by atoms with Gasteiger partial charge in [0.1, 0.15) is 0 Å². The van der Waals surface area contributed by atoms with Crippen LogP contribution < -0.4 is 0 Å². The van der Waals surface area contributed by atoms with E-state index in [2.05, 4.69) is 4.98 Å². The fourth-order valence-electron chi connectivity index (χ4n) is 2.06. The molecule has 20 heavy (non-hydrogen) atoms. The summed E-state index contributed by atoms with van der Waals surface area (Å²) < 4.78 is 1.80. The lowest BCUT2D eigenvalue weighted by atomic mass is 10.0. The third-order valence-corrected chi connectivity index (χ3v) is 3.26. The second-order valence-corrected chi connectivity index (χ2v) is 4.76. The molecule has 3 aromatic rings. The first-order chi connectivity index (χ1) is 9.75. The van der Waals surface area contributed by atoms with Crippen LogP contribution in [0.1, 0.15) is 15.9 Å². The lowest BCUT2D eigenvalue weighted by Gasteiger charge is -2.10. The van der Waals surface area contributed by atoms with Gasteiger partial charge in [0.05, 0.1) is 12.0 Å². The number of benzene rings is 2. The van der Waals surface area contributed by atoms with Crippen molar-refractivity contribution in [1.29, 1.82) is 0 Å². The molecule has 0 N–H and O–H groups in total. The Hall–Kier alpha value is -2.39. The summed E-state index contributed by atoms with van der Waals surface area (Å²) in [6.45, 7) is 0. The van der Waals surface area contributed by atoms with Crippen molar-refractivity contribution in [2.24, 2.45) is 0 Å². The maximum absolute atomic E-state index is 12.6. The van der Waals surface area contributed by atoms with Crippen LogP contribution in [0.15, 0.2) is 67.3 Å². The molecule has 0 unspecified atom stereocenters. The Morgan fingerprint density at radius 3 is 2.60 bits per heavy atom. The smallest absolute Gasteiger partial charge is 0.195 e. The number of halogens is 1. The number of hydrogen-bond donors (Lipinski definition) is 0. The van der Waals surface area contributed by atoms with Gasteiger partial charge in [0.2, 0.25) is 0 Å². The van der Waals surface area contributed by atoms with Crippen LogP contribution in [0.5, 0.6) is 0 Å². The Morgan fingerprint density at radius 1 is 1.10 bits per heavy atom. The average molecular weight is 283 g/mol. The fraction of sp³-hybridized carbons (Fsp3) is 0. The molecule has 0 aliphatic heterocycles. The van der Waals surface area contributed by atoms with Crippen molar-refractivity contribution in [2.75, 3.05) is 0 Å². The van der Waals surface area contributed by atoms with Gasteiger partial charge in [-0.1, -0.05) is 41.9 Å². The highest BCUT2D eigenvalue weighted by atomic mass is 35.5. The number of ketones is 1. The lowest BCUT2D eigenvalue weighted by Crippen LogP contribution is -2.06. The van der Waals surface area contributed by atoms with E-state index in [1.807, 2.05) is 24.3 Å². The summed E-state index contributed by atoms with van der Waals surface area (Å²) in [6.07, 6.45) is 5.13. The molecule has 0 bridgehead atoms. The Balaban J connectivity index is 2.13. The monoisotopic (exact) mass is 282 g/mol. The van der Waals surface area contributed by atoms with Gasteiger partial charge in [-0.3, -0.25) is 4.79 Å². The zero-order chi connectivity index (χ0) is 13.9. The highest BCUT2D eigenvalue weighted by Crippen LogP contribution is 2.22. The van der Waals surface area contributed by atoms with E-state index >= 15 is 0 Å². The summed E-state index contributed by atoms with van der Waals surface area (Å²) in [5, 5.41) is 0.535. The Kier molecular flexibility index (Phi) is 3.35. The second-order valence-electron chi connectivity index (χ2n) is 4.33. The van der Waals surface area contributed by atoms with Gasteiger partial charge in [0.15, 0.2) is 5.78 Å². The molecule has 0 aliphatic carbocycles. The highest BCUT2D eigenvalue weighted by molar-refractivity contribution is 6.31. The number of rotatable bonds is 3. The molecule has 0 saturated heterocycles. The summed E-state index contributed by atoms with van der Waals surface area (Å²) >= 11 is 6.03. The molecule has 4 heteroatoms. The molecule has 1 aromatic heterocycles. The third-order valence-electron chi connectivity index (χ3n) is 3.02. The highest BCUT2D eigenvalue weighted by Gasteiger charge is 2.15. The van der Waals surface area contributed by atoms with E-state index in [1.54, 1.807) is 47.6 Å². The summed E-state index contributed by atoms with van der Waals surface area (Å²) in [4.78, 5) is 16.6. The van der Waals surface area contributed by atoms with Crippen LogP contribution in [0, 0.1) is 0 Å². The topological polar surface area (TPSA) is 34.9 Å². The van der Waals surface area contributed by atoms with E-state index in [1.165, 1.54) is 0 Å². The number of nitrogens with zero attached hydrogens (tertiary/aromatic N) is 2. The van der Waals surface area contributed by atoms with E-state index in [-0.39, 0.29) is 5.78 Å². The molecule has 0 amide bonds. The normalized spacial score (nSPS) is 10.4. The van der Waals surface area contributed by atoms with Gasteiger partial charge in [-0.15, -0.1) is 0 Å². The van der Waals surface area contributed by atoms with Crippen LogP contribution in [-0.2, 0) is 0 Å². The van der Waals surface area contributed by atoms with Crippen LogP contribution >= 0.6 is 11.6 Å². The van der Waals surface area contributed by atoms with Crippen LogP contribution in [0.25, 0.3) is 5.69 Å². The first-order valence-corrected chi connectivity index (χ1v) is 6.51. The zero-order valence-electron chi connectivity index (χ0n) is 10.5. The van der Waals surface area contributed by atoms with E-state index in [4.69, 9.17) is 11.6 Å². The van der Waals surface area contributed by atoms with Gasteiger partial charge in [-0.2, -0.15) is 0 Å². The van der Waals surface area contributed by atoms with E-state index in [0.29, 0.717) is 16.1 Å². The second kappa shape index (κ2) is 5.31. The molecule has 0 spiro atoms. The van der Waals surface area contributed by atoms with Gasteiger partial charge in [-0.05, 0) is 18.2 Å². The molecule has 3 rings (SSSR count). The SMILES string of the molecule is O=C(c1ccccc1)c1cc(Cl)ccc1-n1ccnc1. The van der Waals surface area contributed by atoms with Crippen LogP contribution in [0.3, 0.4) is 0 Å².